The van der Waals surface area contributed by atoms with Crippen molar-refractivity contribution in [3.05, 3.63) is 22.8 Å². The van der Waals surface area contributed by atoms with Crippen molar-refractivity contribution in [2.75, 3.05) is 33.1 Å². The molecule has 4 aliphatic rings. The van der Waals surface area contributed by atoms with E-state index in [1.54, 1.807) is 14.1 Å². The van der Waals surface area contributed by atoms with Crippen LogP contribution < -0.4 is 10.6 Å². The highest BCUT2D eigenvalue weighted by Crippen LogP contribution is 2.52. The Hall–Kier alpha value is -3.15. The zero-order chi connectivity index (χ0) is 30.2. The summed E-state index contributed by atoms with van der Waals surface area (Å²) < 4.78 is 0. The molecule has 1 aromatic rings. The van der Waals surface area contributed by atoms with Crippen molar-refractivity contribution >= 4 is 34.7 Å². The number of phenolic OH excluding ortho intramolecular Hbond substituents is 1. The molecule has 4 aliphatic carbocycles. The normalized spacial score (nSPS) is 32.5. The van der Waals surface area contributed by atoms with Gasteiger partial charge in [-0.2, -0.15) is 0 Å². The molecule has 222 valence electrons. The molecule has 0 aromatic heterocycles. The summed E-state index contributed by atoms with van der Waals surface area (Å²) in [6.45, 7) is 0. The minimum atomic E-state index is -2.75. The molecule has 6 atom stereocenters. The minimum absolute atomic E-state index is 0.00626. The van der Waals surface area contributed by atoms with E-state index in [4.69, 9.17) is 5.73 Å². The Morgan fingerprint density at radius 1 is 1.05 bits per heavy atom. The number of carbonyl (C=O) groups excluding carboxylic acids is 5. The average molecular weight is 570 g/mol. The van der Waals surface area contributed by atoms with Gasteiger partial charge in [0.1, 0.15) is 5.75 Å². The van der Waals surface area contributed by atoms with E-state index in [1.807, 2.05) is 25.1 Å². The van der Waals surface area contributed by atoms with Gasteiger partial charge in [-0.15, -0.1) is 0 Å². The number of benzene rings is 1. The smallest absolute Gasteiger partial charge is 0.235 e. The second-order valence-corrected chi connectivity index (χ2v) is 12.9. The number of carbonyl (C=O) groups is 5. The lowest BCUT2D eigenvalue weighted by Crippen LogP contribution is -2.74. The number of phenols is 1. The molecule has 11 heteroatoms. The molecule has 5 rings (SSSR count). The zero-order valence-electron chi connectivity index (χ0n) is 24.0. The first-order valence-corrected chi connectivity index (χ1v) is 14.3. The molecule has 41 heavy (non-hydrogen) atoms. The lowest BCUT2D eigenvalue weighted by atomic mass is 9.52. The number of aromatic hydroxyl groups is 1. The van der Waals surface area contributed by atoms with Crippen LogP contribution in [0.3, 0.4) is 0 Å². The highest BCUT2D eigenvalue weighted by atomic mass is 16.3. The van der Waals surface area contributed by atoms with Gasteiger partial charge in [0.15, 0.2) is 34.7 Å². The predicted octanol–water partition coefficient (Wildman–Crippen LogP) is 0.171. The van der Waals surface area contributed by atoms with Crippen LogP contribution in [0.5, 0.6) is 5.75 Å². The van der Waals surface area contributed by atoms with Crippen molar-refractivity contribution < 1.29 is 39.3 Å². The number of anilines is 1. The molecule has 11 nitrogen and oxygen atoms in total. The molecule has 2 unspecified atom stereocenters. The molecule has 1 amide bonds. The molecule has 3 saturated carbocycles. The monoisotopic (exact) mass is 569 g/mol. The lowest BCUT2D eigenvalue weighted by Gasteiger charge is -2.52. The molecule has 0 spiro atoms. The van der Waals surface area contributed by atoms with E-state index in [-0.39, 0.29) is 24.2 Å². The molecule has 0 bridgehead atoms. The highest BCUT2D eigenvalue weighted by molar-refractivity contribution is 6.32. The van der Waals surface area contributed by atoms with Crippen molar-refractivity contribution in [2.45, 2.75) is 68.6 Å². The van der Waals surface area contributed by atoms with Gasteiger partial charge in [0.05, 0.1) is 23.1 Å². The SMILES string of the molecule is CN(C)c1cc(CCC2(O)CCCC2)c(O)c2c1C[C@@H]1C[C@@H]3[C@@H](N(C)C)C(=O)C(C(N)=O)C(=O)[C@]3(O)C(=O)C1C2=O. The van der Waals surface area contributed by atoms with Crippen LogP contribution in [0, 0.1) is 23.7 Å². The van der Waals surface area contributed by atoms with Crippen LogP contribution >= 0.6 is 0 Å². The first-order valence-electron chi connectivity index (χ1n) is 14.3. The molecule has 1 aromatic carbocycles. The first-order chi connectivity index (χ1) is 19.1. The Bertz CT molecular complexity index is 1350. The summed E-state index contributed by atoms with van der Waals surface area (Å²) in [7, 11) is 6.74. The van der Waals surface area contributed by atoms with Crippen molar-refractivity contribution in [1.29, 1.82) is 0 Å². The number of nitrogens with two attached hydrogens (primary N) is 1. The maximum Gasteiger partial charge on any atom is 0.235 e. The van der Waals surface area contributed by atoms with Gasteiger partial charge in [0.2, 0.25) is 5.91 Å². The number of nitrogens with zero attached hydrogens (tertiary/aromatic N) is 2. The standard InChI is InChI=1S/C30H39N3O8/c1-32(2)18-13-14(7-10-29(40)8-5-6-9-29)23(34)20-16(18)11-15-12-17-22(33(3)4)25(36)21(28(31)39)27(38)30(17,41)26(37)19(15)24(20)35/h13,15,17,19,21-22,34,40-41H,5-12H2,1-4H3,(H2,31,39)/t15-,17-,19?,21?,22-,30-/m1/s1. The van der Waals surface area contributed by atoms with Crippen molar-refractivity contribution in [2.24, 2.45) is 29.4 Å². The van der Waals surface area contributed by atoms with Crippen LogP contribution in [0.1, 0.15) is 60.0 Å². The Kier molecular flexibility index (Phi) is 7.15. The third-order valence-corrected chi connectivity index (χ3v) is 9.99. The van der Waals surface area contributed by atoms with Gasteiger partial charge in [-0.25, -0.2) is 0 Å². The summed E-state index contributed by atoms with van der Waals surface area (Å²) in [6.07, 6.45) is 4.15. The second-order valence-electron chi connectivity index (χ2n) is 12.9. The summed E-state index contributed by atoms with van der Waals surface area (Å²) >= 11 is 0. The lowest BCUT2D eigenvalue weighted by molar-refractivity contribution is -0.181. The number of likely N-dealkylation sites (N-methyl/N-ethyl adjacent to an activating group) is 1. The maximum absolute atomic E-state index is 14.1. The number of aryl methyl sites for hydroxylation is 1. The van der Waals surface area contributed by atoms with Gasteiger partial charge in [-0.05, 0) is 75.7 Å². The average Bonchev–Trinajstić information content (AvgIpc) is 3.31. The second kappa shape index (κ2) is 9.99. The Morgan fingerprint density at radius 2 is 1.68 bits per heavy atom. The van der Waals surface area contributed by atoms with Crippen LogP contribution in [-0.2, 0) is 32.0 Å². The molecule has 0 heterocycles. The highest BCUT2D eigenvalue weighted by Gasteiger charge is 2.69. The molecule has 0 radical (unpaired) electrons. The van der Waals surface area contributed by atoms with Gasteiger partial charge < -0.3 is 26.0 Å². The number of rotatable bonds is 6. The Balaban J connectivity index is 1.59. The summed E-state index contributed by atoms with van der Waals surface area (Å²) in [6, 6.07) is 0.677. The number of aliphatic hydroxyl groups is 2. The quantitative estimate of drug-likeness (QED) is 0.345. The number of fused-ring (bicyclic) bond motifs is 3. The van der Waals surface area contributed by atoms with Crippen molar-refractivity contribution in [3.63, 3.8) is 0 Å². The fourth-order valence-corrected chi connectivity index (χ4v) is 7.95. The van der Waals surface area contributed by atoms with Gasteiger partial charge in [0.25, 0.3) is 0 Å². The molecule has 0 aliphatic heterocycles. The summed E-state index contributed by atoms with van der Waals surface area (Å²) in [5.41, 5.74) is 3.51. The van der Waals surface area contributed by atoms with E-state index in [1.165, 1.54) is 4.90 Å². The van der Waals surface area contributed by atoms with E-state index in [9.17, 15) is 39.3 Å². The topological polar surface area (TPSA) is 179 Å². The van der Waals surface area contributed by atoms with Crippen LogP contribution in [0.25, 0.3) is 0 Å². The fraction of sp³-hybridized carbons (Fsp3) is 0.633. The minimum Gasteiger partial charge on any atom is -0.507 e. The largest absolute Gasteiger partial charge is 0.507 e. The maximum atomic E-state index is 14.1. The molecular weight excluding hydrogens is 530 g/mol. The fourth-order valence-electron chi connectivity index (χ4n) is 7.95. The number of hydrogen-bond acceptors (Lipinski definition) is 10. The van der Waals surface area contributed by atoms with Crippen LogP contribution in [0.2, 0.25) is 0 Å². The van der Waals surface area contributed by atoms with Crippen molar-refractivity contribution in [3.8, 4) is 5.75 Å². The number of Topliss-reactive ketones (excluding diaryl/α,β-unsaturated/α-hetero) is 4. The number of hydrogen-bond donors (Lipinski definition) is 4. The third-order valence-electron chi connectivity index (χ3n) is 9.99. The third kappa shape index (κ3) is 4.31. The van der Waals surface area contributed by atoms with Gasteiger partial charge in [-0.1, -0.05) is 12.8 Å². The summed E-state index contributed by atoms with van der Waals surface area (Å²) in [5, 5.41) is 34.0. The first kappa shape index (κ1) is 29.3. The van der Waals surface area contributed by atoms with Gasteiger partial charge in [0, 0.05) is 25.7 Å². The predicted molar refractivity (Wildman–Crippen MR) is 147 cm³/mol. The van der Waals surface area contributed by atoms with Gasteiger partial charge >= 0.3 is 0 Å². The van der Waals surface area contributed by atoms with Gasteiger partial charge in [-0.3, -0.25) is 28.9 Å². The number of ketones is 4. The van der Waals surface area contributed by atoms with E-state index in [2.05, 4.69) is 0 Å². The Labute approximate surface area is 238 Å². The summed E-state index contributed by atoms with van der Waals surface area (Å²) in [5.74, 6) is -10.6. The van der Waals surface area contributed by atoms with Crippen LogP contribution in [-0.4, -0.2) is 94.7 Å². The molecule has 5 N–H and O–H groups in total. The van der Waals surface area contributed by atoms with E-state index in [0.29, 0.717) is 42.5 Å². The van der Waals surface area contributed by atoms with E-state index >= 15 is 0 Å². The molecule has 0 saturated heterocycles. The molecular formula is C30H39N3O8. The molecule has 3 fully saturated rings. The van der Waals surface area contributed by atoms with Crippen LogP contribution in [0.15, 0.2) is 6.07 Å². The van der Waals surface area contributed by atoms with E-state index < -0.39 is 70.0 Å². The number of primary amides is 1. The zero-order valence-corrected chi connectivity index (χ0v) is 24.0. The Morgan fingerprint density at radius 3 is 2.24 bits per heavy atom. The van der Waals surface area contributed by atoms with Crippen LogP contribution in [0.4, 0.5) is 5.69 Å². The van der Waals surface area contributed by atoms with Crippen molar-refractivity contribution in [1.82, 2.24) is 4.90 Å². The number of amides is 1. The van der Waals surface area contributed by atoms with E-state index in [0.717, 1.165) is 12.8 Å². The summed E-state index contributed by atoms with van der Waals surface area (Å²) in [4.78, 5) is 70.3.